The highest BCUT2D eigenvalue weighted by molar-refractivity contribution is 5.38. The third-order valence-corrected chi connectivity index (χ3v) is 1.83. The van der Waals surface area contributed by atoms with Gasteiger partial charge in [0.2, 0.25) is 5.88 Å². The standard InChI is InChI=1S/C10H17N3O/c1-4-6-11-9-7-10(14-3)13-8(5-2)12-9/h7H,4-6H2,1-3H3,(H,11,12,13). The molecule has 4 heteroatoms. The quantitative estimate of drug-likeness (QED) is 0.779. The summed E-state index contributed by atoms with van der Waals surface area (Å²) in [5, 5.41) is 3.21. The van der Waals surface area contributed by atoms with Crippen LogP contribution in [0.25, 0.3) is 0 Å². The summed E-state index contributed by atoms with van der Waals surface area (Å²) < 4.78 is 5.09. The smallest absolute Gasteiger partial charge is 0.218 e. The molecule has 0 saturated carbocycles. The van der Waals surface area contributed by atoms with Crippen LogP contribution in [0.1, 0.15) is 26.1 Å². The number of anilines is 1. The van der Waals surface area contributed by atoms with Gasteiger partial charge >= 0.3 is 0 Å². The summed E-state index contributed by atoms with van der Waals surface area (Å²) in [6.45, 7) is 5.06. The zero-order valence-corrected chi connectivity index (χ0v) is 9.00. The number of rotatable bonds is 5. The molecule has 1 N–H and O–H groups in total. The van der Waals surface area contributed by atoms with Crippen LogP contribution in [0.3, 0.4) is 0 Å². The van der Waals surface area contributed by atoms with Crippen molar-refractivity contribution in [2.75, 3.05) is 19.0 Å². The molecule has 1 aromatic rings. The number of ether oxygens (including phenoxy) is 1. The Morgan fingerprint density at radius 3 is 2.71 bits per heavy atom. The van der Waals surface area contributed by atoms with Gasteiger partial charge in [-0.05, 0) is 6.42 Å². The van der Waals surface area contributed by atoms with Crippen molar-refractivity contribution in [3.63, 3.8) is 0 Å². The van der Waals surface area contributed by atoms with Gasteiger partial charge in [-0.1, -0.05) is 13.8 Å². The van der Waals surface area contributed by atoms with E-state index in [1.165, 1.54) is 0 Å². The molecule has 0 bridgehead atoms. The van der Waals surface area contributed by atoms with Gasteiger partial charge in [-0.15, -0.1) is 0 Å². The van der Waals surface area contributed by atoms with Crippen LogP contribution in [-0.4, -0.2) is 23.6 Å². The van der Waals surface area contributed by atoms with E-state index in [-0.39, 0.29) is 0 Å². The van der Waals surface area contributed by atoms with Gasteiger partial charge in [0.15, 0.2) is 0 Å². The average molecular weight is 195 g/mol. The molecule has 0 atom stereocenters. The van der Waals surface area contributed by atoms with E-state index in [9.17, 15) is 0 Å². The number of aryl methyl sites for hydroxylation is 1. The lowest BCUT2D eigenvalue weighted by molar-refractivity contribution is 0.395. The minimum atomic E-state index is 0.621. The van der Waals surface area contributed by atoms with Crippen LogP contribution < -0.4 is 10.1 Å². The Balaban J connectivity index is 2.81. The lowest BCUT2D eigenvalue weighted by Gasteiger charge is -2.07. The van der Waals surface area contributed by atoms with E-state index in [0.717, 1.165) is 31.0 Å². The van der Waals surface area contributed by atoms with E-state index in [4.69, 9.17) is 4.74 Å². The monoisotopic (exact) mass is 195 g/mol. The molecule has 0 unspecified atom stereocenters. The fourth-order valence-corrected chi connectivity index (χ4v) is 1.08. The van der Waals surface area contributed by atoms with Crippen LogP contribution in [0.15, 0.2) is 6.07 Å². The van der Waals surface area contributed by atoms with Crippen LogP contribution in [-0.2, 0) is 6.42 Å². The molecule has 0 aliphatic rings. The summed E-state index contributed by atoms with van der Waals surface area (Å²) in [7, 11) is 1.62. The van der Waals surface area contributed by atoms with Crippen molar-refractivity contribution in [1.82, 2.24) is 9.97 Å². The molecule has 4 nitrogen and oxygen atoms in total. The van der Waals surface area contributed by atoms with Gasteiger partial charge in [0.25, 0.3) is 0 Å². The van der Waals surface area contributed by atoms with Crippen molar-refractivity contribution in [3.8, 4) is 5.88 Å². The number of methoxy groups -OCH3 is 1. The Labute approximate surface area is 84.7 Å². The van der Waals surface area contributed by atoms with Gasteiger partial charge in [0, 0.05) is 19.0 Å². The molecule has 0 aliphatic heterocycles. The maximum Gasteiger partial charge on any atom is 0.218 e. The number of hydrogen-bond donors (Lipinski definition) is 1. The summed E-state index contributed by atoms with van der Waals surface area (Å²) in [5.74, 6) is 2.27. The summed E-state index contributed by atoms with van der Waals surface area (Å²) in [5.41, 5.74) is 0. The Morgan fingerprint density at radius 2 is 2.14 bits per heavy atom. The van der Waals surface area contributed by atoms with Crippen molar-refractivity contribution in [1.29, 1.82) is 0 Å². The van der Waals surface area contributed by atoms with Crippen molar-refractivity contribution < 1.29 is 4.74 Å². The van der Waals surface area contributed by atoms with Crippen LogP contribution >= 0.6 is 0 Å². The van der Waals surface area contributed by atoms with Crippen LogP contribution in [0, 0.1) is 0 Å². The molecule has 0 saturated heterocycles. The molecular weight excluding hydrogens is 178 g/mol. The van der Waals surface area contributed by atoms with E-state index in [2.05, 4.69) is 22.2 Å². The first-order valence-electron chi connectivity index (χ1n) is 4.96. The molecule has 1 heterocycles. The molecule has 0 spiro atoms. The summed E-state index contributed by atoms with van der Waals surface area (Å²) in [6, 6.07) is 1.81. The van der Waals surface area contributed by atoms with E-state index in [1.807, 2.05) is 13.0 Å². The summed E-state index contributed by atoms with van der Waals surface area (Å²) >= 11 is 0. The molecule has 0 fully saturated rings. The average Bonchev–Trinajstić information content (AvgIpc) is 2.25. The minimum absolute atomic E-state index is 0.621. The van der Waals surface area contributed by atoms with Gasteiger partial charge in [-0.25, -0.2) is 4.98 Å². The maximum absolute atomic E-state index is 5.09. The second-order valence-electron chi connectivity index (χ2n) is 2.99. The molecule has 0 amide bonds. The first-order chi connectivity index (χ1) is 6.80. The predicted octanol–water partition coefficient (Wildman–Crippen LogP) is 1.87. The van der Waals surface area contributed by atoms with Crippen molar-refractivity contribution in [3.05, 3.63) is 11.9 Å². The summed E-state index contributed by atoms with van der Waals surface area (Å²) in [6.07, 6.45) is 1.89. The Morgan fingerprint density at radius 1 is 1.36 bits per heavy atom. The zero-order chi connectivity index (χ0) is 10.4. The molecule has 78 valence electrons. The molecule has 14 heavy (non-hydrogen) atoms. The highest BCUT2D eigenvalue weighted by Crippen LogP contribution is 2.13. The number of nitrogens with zero attached hydrogens (tertiary/aromatic N) is 2. The maximum atomic E-state index is 5.09. The zero-order valence-electron chi connectivity index (χ0n) is 9.00. The fourth-order valence-electron chi connectivity index (χ4n) is 1.08. The third-order valence-electron chi connectivity index (χ3n) is 1.83. The van der Waals surface area contributed by atoms with Gasteiger partial charge in [0.05, 0.1) is 7.11 Å². The highest BCUT2D eigenvalue weighted by Gasteiger charge is 2.02. The highest BCUT2D eigenvalue weighted by atomic mass is 16.5. The SMILES string of the molecule is CCCNc1cc(OC)nc(CC)n1. The molecule has 1 rings (SSSR count). The normalized spacial score (nSPS) is 9.93. The first kappa shape index (κ1) is 10.8. The van der Waals surface area contributed by atoms with Gasteiger partial charge < -0.3 is 10.1 Å². The van der Waals surface area contributed by atoms with Crippen LogP contribution in [0.5, 0.6) is 5.88 Å². The van der Waals surface area contributed by atoms with Gasteiger partial charge in [-0.3, -0.25) is 0 Å². The van der Waals surface area contributed by atoms with E-state index >= 15 is 0 Å². The minimum Gasteiger partial charge on any atom is -0.481 e. The fraction of sp³-hybridized carbons (Fsp3) is 0.600. The van der Waals surface area contributed by atoms with Crippen LogP contribution in [0.2, 0.25) is 0 Å². The van der Waals surface area contributed by atoms with Crippen molar-refractivity contribution in [2.45, 2.75) is 26.7 Å². The second-order valence-corrected chi connectivity index (χ2v) is 2.99. The van der Waals surface area contributed by atoms with Gasteiger partial charge in [-0.2, -0.15) is 4.98 Å². The lowest BCUT2D eigenvalue weighted by Crippen LogP contribution is -2.05. The Bertz CT molecular complexity index is 266. The topological polar surface area (TPSA) is 47.0 Å². The molecule has 0 aromatic carbocycles. The number of hydrogen-bond acceptors (Lipinski definition) is 4. The van der Waals surface area contributed by atoms with Crippen molar-refractivity contribution >= 4 is 5.82 Å². The molecule has 0 aliphatic carbocycles. The summed E-state index contributed by atoms with van der Waals surface area (Å²) in [4.78, 5) is 8.54. The Kier molecular flexibility index (Phi) is 4.16. The molecular formula is C10H17N3O. The number of aromatic nitrogens is 2. The third kappa shape index (κ3) is 2.87. The van der Waals surface area contributed by atoms with Gasteiger partial charge in [0.1, 0.15) is 11.6 Å². The van der Waals surface area contributed by atoms with Crippen LogP contribution in [0.4, 0.5) is 5.82 Å². The predicted molar refractivity (Wildman–Crippen MR) is 56.7 cm³/mol. The Hall–Kier alpha value is -1.32. The van der Waals surface area contributed by atoms with Crippen molar-refractivity contribution in [2.24, 2.45) is 0 Å². The lowest BCUT2D eigenvalue weighted by atomic mass is 10.4. The van der Waals surface area contributed by atoms with E-state index < -0.39 is 0 Å². The molecule has 1 aromatic heterocycles. The number of nitrogens with one attached hydrogen (secondary N) is 1. The first-order valence-corrected chi connectivity index (χ1v) is 4.96. The molecule has 0 radical (unpaired) electrons. The van der Waals surface area contributed by atoms with E-state index in [1.54, 1.807) is 7.11 Å². The second kappa shape index (κ2) is 5.42. The van der Waals surface area contributed by atoms with E-state index in [0.29, 0.717) is 5.88 Å². The largest absolute Gasteiger partial charge is 0.481 e.